The van der Waals surface area contributed by atoms with Crippen LogP contribution < -0.4 is 4.90 Å². The fraction of sp³-hybridized carbons (Fsp3) is 0.250. The van der Waals surface area contributed by atoms with Crippen molar-refractivity contribution in [1.82, 2.24) is 4.98 Å². The second-order valence-corrected chi connectivity index (χ2v) is 8.46. The standard InChI is InChI=1S/C20H19FN2O3S/c1-14-6-2-3-7-17(14)18-22-19(20(26-18)23-12-4-5-13-23)27(24,25)16-10-8-15(21)9-11-16/h2-3,6-11H,4-5,12-13H2,1H3. The number of anilines is 1. The number of halogens is 1. The van der Waals surface area contributed by atoms with Gasteiger partial charge in [0.25, 0.3) is 0 Å². The molecule has 27 heavy (non-hydrogen) atoms. The van der Waals surface area contributed by atoms with Crippen LogP contribution in [0, 0.1) is 12.7 Å². The van der Waals surface area contributed by atoms with Gasteiger partial charge >= 0.3 is 0 Å². The van der Waals surface area contributed by atoms with Crippen LogP contribution in [0.2, 0.25) is 0 Å². The first-order chi connectivity index (χ1) is 13.0. The summed E-state index contributed by atoms with van der Waals surface area (Å²) in [7, 11) is -3.94. The Kier molecular flexibility index (Phi) is 4.47. The van der Waals surface area contributed by atoms with Crippen LogP contribution >= 0.6 is 0 Å². The van der Waals surface area contributed by atoms with Crippen molar-refractivity contribution in [2.24, 2.45) is 0 Å². The molecule has 1 saturated heterocycles. The molecule has 0 unspecified atom stereocenters. The predicted octanol–water partition coefficient (Wildman–Crippen LogP) is 4.22. The highest BCUT2D eigenvalue weighted by molar-refractivity contribution is 7.91. The normalized spacial score (nSPS) is 14.7. The Labute approximate surface area is 157 Å². The molecular weight excluding hydrogens is 367 g/mol. The van der Waals surface area contributed by atoms with Crippen molar-refractivity contribution < 1.29 is 17.2 Å². The number of hydrogen-bond donors (Lipinski definition) is 0. The van der Waals surface area contributed by atoms with Gasteiger partial charge in [-0.3, -0.25) is 0 Å². The lowest BCUT2D eigenvalue weighted by Gasteiger charge is -2.14. The van der Waals surface area contributed by atoms with Gasteiger partial charge in [-0.05, 0) is 55.7 Å². The topological polar surface area (TPSA) is 63.4 Å². The van der Waals surface area contributed by atoms with Crippen LogP contribution in [0.25, 0.3) is 11.5 Å². The Hall–Kier alpha value is -2.67. The summed E-state index contributed by atoms with van der Waals surface area (Å²) < 4.78 is 45.6. The van der Waals surface area contributed by atoms with Crippen molar-refractivity contribution in [2.75, 3.05) is 18.0 Å². The molecule has 3 aromatic rings. The number of sulfone groups is 1. The van der Waals surface area contributed by atoms with Gasteiger partial charge < -0.3 is 9.32 Å². The number of rotatable bonds is 4. The maximum atomic E-state index is 13.2. The van der Waals surface area contributed by atoms with Gasteiger partial charge in [-0.2, -0.15) is 4.98 Å². The largest absolute Gasteiger partial charge is 0.419 e. The van der Waals surface area contributed by atoms with Gasteiger partial charge in [0, 0.05) is 18.7 Å². The van der Waals surface area contributed by atoms with Crippen LogP contribution in [-0.4, -0.2) is 26.5 Å². The summed E-state index contributed by atoms with van der Waals surface area (Å²) in [5, 5.41) is -0.116. The lowest BCUT2D eigenvalue weighted by Crippen LogP contribution is -2.19. The van der Waals surface area contributed by atoms with Gasteiger partial charge in [-0.1, -0.05) is 18.2 Å². The van der Waals surface area contributed by atoms with E-state index in [1.807, 2.05) is 36.1 Å². The number of aromatic nitrogens is 1. The summed E-state index contributed by atoms with van der Waals surface area (Å²) in [6.45, 7) is 3.35. The third kappa shape index (κ3) is 3.23. The summed E-state index contributed by atoms with van der Waals surface area (Å²) in [5.41, 5.74) is 1.69. The molecule has 7 heteroatoms. The maximum Gasteiger partial charge on any atom is 0.236 e. The zero-order valence-corrected chi connectivity index (χ0v) is 15.7. The lowest BCUT2D eigenvalue weighted by atomic mass is 10.1. The van der Waals surface area contributed by atoms with E-state index in [1.54, 1.807) is 0 Å². The van der Waals surface area contributed by atoms with Crippen molar-refractivity contribution in [1.29, 1.82) is 0 Å². The van der Waals surface area contributed by atoms with Crippen LogP contribution in [0.5, 0.6) is 0 Å². The molecule has 5 nitrogen and oxygen atoms in total. The molecule has 0 aliphatic carbocycles. The minimum Gasteiger partial charge on any atom is -0.419 e. The third-order valence-electron chi connectivity index (χ3n) is 4.73. The molecular formula is C20H19FN2O3S. The molecule has 0 N–H and O–H groups in total. The van der Waals surface area contributed by atoms with Gasteiger partial charge in [0.2, 0.25) is 26.6 Å². The first-order valence-corrected chi connectivity index (χ1v) is 10.3. The highest BCUT2D eigenvalue weighted by Gasteiger charge is 2.32. The SMILES string of the molecule is Cc1ccccc1-c1nc(S(=O)(=O)c2ccc(F)cc2)c(N2CCCC2)o1. The zero-order chi connectivity index (χ0) is 19.0. The van der Waals surface area contributed by atoms with E-state index in [-0.39, 0.29) is 21.7 Å². The fourth-order valence-electron chi connectivity index (χ4n) is 3.25. The Balaban J connectivity index is 1.88. The highest BCUT2D eigenvalue weighted by Crippen LogP contribution is 2.36. The van der Waals surface area contributed by atoms with E-state index >= 15 is 0 Å². The lowest BCUT2D eigenvalue weighted by molar-refractivity contribution is 0.556. The van der Waals surface area contributed by atoms with Crippen molar-refractivity contribution in [3.8, 4) is 11.5 Å². The van der Waals surface area contributed by atoms with Gasteiger partial charge in [0.1, 0.15) is 5.82 Å². The molecule has 0 amide bonds. The highest BCUT2D eigenvalue weighted by atomic mass is 32.2. The molecule has 1 aliphatic heterocycles. The predicted molar refractivity (Wildman–Crippen MR) is 100.0 cm³/mol. The summed E-state index contributed by atoms with van der Waals surface area (Å²) in [6.07, 6.45) is 1.94. The molecule has 0 bridgehead atoms. The molecule has 0 saturated carbocycles. The summed E-state index contributed by atoms with van der Waals surface area (Å²) >= 11 is 0. The molecule has 0 spiro atoms. The molecule has 2 heterocycles. The van der Waals surface area contributed by atoms with E-state index in [9.17, 15) is 12.8 Å². The van der Waals surface area contributed by atoms with E-state index in [2.05, 4.69) is 4.98 Å². The van der Waals surface area contributed by atoms with Crippen LogP contribution in [0.4, 0.5) is 10.3 Å². The van der Waals surface area contributed by atoms with Crippen molar-refractivity contribution in [2.45, 2.75) is 29.7 Å². The molecule has 4 rings (SSSR count). The summed E-state index contributed by atoms with van der Waals surface area (Å²) in [4.78, 5) is 6.27. The Morgan fingerprint density at radius 2 is 1.70 bits per heavy atom. The Morgan fingerprint density at radius 1 is 1.04 bits per heavy atom. The van der Waals surface area contributed by atoms with Gasteiger partial charge in [0.15, 0.2) is 0 Å². The number of benzene rings is 2. The quantitative estimate of drug-likeness (QED) is 0.628. The van der Waals surface area contributed by atoms with E-state index < -0.39 is 15.7 Å². The minimum atomic E-state index is -3.94. The average molecular weight is 386 g/mol. The van der Waals surface area contributed by atoms with E-state index in [4.69, 9.17) is 4.42 Å². The minimum absolute atomic E-state index is 0.00557. The Morgan fingerprint density at radius 3 is 2.37 bits per heavy atom. The maximum absolute atomic E-state index is 13.2. The van der Waals surface area contributed by atoms with Crippen LogP contribution in [-0.2, 0) is 9.84 Å². The molecule has 2 aromatic carbocycles. The van der Waals surface area contributed by atoms with Gasteiger partial charge in [0.05, 0.1) is 4.90 Å². The Bertz CT molecular complexity index is 1070. The van der Waals surface area contributed by atoms with Crippen LogP contribution in [0.3, 0.4) is 0 Å². The number of hydrogen-bond acceptors (Lipinski definition) is 5. The first kappa shape index (κ1) is 17.7. The zero-order valence-electron chi connectivity index (χ0n) is 14.9. The van der Waals surface area contributed by atoms with Crippen LogP contribution in [0.15, 0.2) is 62.9 Å². The van der Waals surface area contributed by atoms with E-state index in [1.165, 1.54) is 12.1 Å². The molecule has 1 fully saturated rings. The second-order valence-electron chi connectivity index (χ2n) is 6.60. The number of oxazole rings is 1. The van der Waals surface area contributed by atoms with Crippen molar-refractivity contribution >= 4 is 15.7 Å². The third-order valence-corrected chi connectivity index (χ3v) is 6.39. The second kappa shape index (κ2) is 6.81. The molecule has 140 valence electrons. The first-order valence-electron chi connectivity index (χ1n) is 8.79. The number of aryl methyl sites for hydroxylation is 1. The van der Waals surface area contributed by atoms with Crippen LogP contribution in [0.1, 0.15) is 18.4 Å². The van der Waals surface area contributed by atoms with Gasteiger partial charge in [-0.25, -0.2) is 12.8 Å². The molecule has 0 radical (unpaired) electrons. The smallest absolute Gasteiger partial charge is 0.236 e. The number of nitrogens with zero attached hydrogens (tertiary/aromatic N) is 2. The fourth-order valence-corrected chi connectivity index (χ4v) is 4.57. The van der Waals surface area contributed by atoms with Gasteiger partial charge in [-0.15, -0.1) is 0 Å². The molecule has 1 aliphatic rings. The summed E-state index contributed by atoms with van der Waals surface area (Å²) in [5.74, 6) is 0.0419. The van der Waals surface area contributed by atoms with Crippen molar-refractivity contribution in [3.05, 3.63) is 59.9 Å². The van der Waals surface area contributed by atoms with E-state index in [0.29, 0.717) is 13.1 Å². The van der Waals surface area contributed by atoms with E-state index in [0.717, 1.165) is 36.1 Å². The molecule has 0 atom stereocenters. The average Bonchev–Trinajstić information content (AvgIpc) is 3.32. The monoisotopic (exact) mass is 386 g/mol. The van der Waals surface area contributed by atoms with Crippen molar-refractivity contribution in [3.63, 3.8) is 0 Å². The summed E-state index contributed by atoms with van der Waals surface area (Å²) in [6, 6.07) is 12.3. The molecule has 1 aromatic heterocycles.